The van der Waals surface area contributed by atoms with E-state index >= 15 is 0 Å². The van der Waals surface area contributed by atoms with Crippen molar-refractivity contribution in [2.45, 2.75) is 18.1 Å². The Morgan fingerprint density at radius 3 is 1.47 bits per heavy atom. The fourth-order valence-corrected chi connectivity index (χ4v) is 4.04. The summed E-state index contributed by atoms with van der Waals surface area (Å²) in [5.74, 6) is 0. The number of ether oxygens (including phenoxy) is 1. The van der Waals surface area contributed by atoms with Gasteiger partial charge in [0.15, 0.2) is 0 Å². The third-order valence-electron chi connectivity index (χ3n) is 5.60. The maximum absolute atomic E-state index is 10.4. The molecule has 0 bridgehead atoms. The van der Waals surface area contributed by atoms with E-state index < -0.39 is 11.7 Å². The Bertz CT molecular complexity index is 994. The van der Waals surface area contributed by atoms with Crippen LogP contribution in [0.25, 0.3) is 0 Å². The third-order valence-corrected chi connectivity index (χ3v) is 5.60. The predicted octanol–water partition coefficient (Wildman–Crippen LogP) is 6.68. The molecule has 1 atom stereocenters. The van der Waals surface area contributed by atoms with Crippen LogP contribution < -0.4 is 0 Å². The first-order valence-electron chi connectivity index (χ1n) is 11.0. The molecule has 0 saturated heterocycles. The van der Waals surface area contributed by atoms with Crippen LogP contribution in [-0.4, -0.2) is 11.7 Å². The van der Waals surface area contributed by atoms with E-state index in [9.17, 15) is 5.11 Å². The van der Waals surface area contributed by atoms with Crippen LogP contribution in [0, 0.1) is 0 Å². The molecule has 160 valence electrons. The quantitative estimate of drug-likeness (QED) is 0.186. The van der Waals surface area contributed by atoms with E-state index in [1.54, 1.807) is 0 Å². The van der Waals surface area contributed by atoms with Gasteiger partial charge in [-0.15, -0.1) is 0 Å². The van der Waals surface area contributed by atoms with Crippen LogP contribution in [0.3, 0.4) is 0 Å². The first kappa shape index (κ1) is 21.8. The summed E-state index contributed by atoms with van der Waals surface area (Å²) in [7, 11) is 0. The Morgan fingerprint density at radius 2 is 1.03 bits per heavy atom. The summed E-state index contributed by atoms with van der Waals surface area (Å²) >= 11 is 0. The molecule has 0 aliphatic carbocycles. The topological polar surface area (TPSA) is 29.5 Å². The van der Waals surface area contributed by atoms with E-state index in [4.69, 9.17) is 4.74 Å². The zero-order valence-electron chi connectivity index (χ0n) is 18.0. The number of rotatable bonds is 9. The van der Waals surface area contributed by atoms with Crippen molar-refractivity contribution in [2.24, 2.45) is 0 Å². The molecule has 32 heavy (non-hydrogen) atoms. The van der Waals surface area contributed by atoms with Crippen molar-refractivity contribution in [3.8, 4) is 0 Å². The van der Waals surface area contributed by atoms with Crippen LogP contribution >= 0.6 is 0 Å². The maximum atomic E-state index is 10.4. The van der Waals surface area contributed by atoms with Crippen molar-refractivity contribution in [3.05, 3.63) is 156 Å². The van der Waals surface area contributed by atoms with Gasteiger partial charge in [0, 0.05) is 0 Å². The molecule has 4 aromatic rings. The second-order valence-electron chi connectivity index (χ2n) is 7.70. The molecule has 0 heterocycles. The highest BCUT2D eigenvalue weighted by Crippen LogP contribution is 2.40. The Kier molecular flexibility index (Phi) is 7.29. The molecule has 1 N–H and O–H groups in total. The summed E-state index contributed by atoms with van der Waals surface area (Å²) < 4.78 is 6.74. The van der Waals surface area contributed by atoms with Gasteiger partial charge in [-0.2, -0.15) is 0 Å². The smallest absolute Gasteiger partial charge is 0.143 e. The van der Waals surface area contributed by atoms with Crippen molar-refractivity contribution >= 4 is 0 Å². The van der Waals surface area contributed by atoms with E-state index in [1.165, 1.54) is 0 Å². The van der Waals surface area contributed by atoms with E-state index in [0.717, 1.165) is 22.3 Å². The summed E-state index contributed by atoms with van der Waals surface area (Å²) in [4.78, 5) is 0. The molecule has 0 amide bonds. The van der Waals surface area contributed by atoms with E-state index in [2.05, 4.69) is 72.8 Å². The minimum atomic E-state index is -0.713. The van der Waals surface area contributed by atoms with Crippen molar-refractivity contribution < 1.29 is 9.84 Å². The lowest BCUT2D eigenvalue weighted by Gasteiger charge is -2.36. The minimum absolute atomic E-state index is 0.511. The summed E-state index contributed by atoms with van der Waals surface area (Å²) in [6.45, 7) is 0.511. The Morgan fingerprint density at radius 1 is 0.625 bits per heavy atom. The largest absolute Gasteiger partial charge is 0.384 e. The Labute approximate surface area is 190 Å². The van der Waals surface area contributed by atoms with Gasteiger partial charge in [0.2, 0.25) is 0 Å². The normalized spacial score (nSPS) is 12.7. The highest BCUT2D eigenvalue weighted by molar-refractivity contribution is 5.47. The zero-order chi connectivity index (χ0) is 22.1. The highest BCUT2D eigenvalue weighted by Gasteiger charge is 2.37. The molecule has 4 aromatic carbocycles. The first-order chi connectivity index (χ1) is 15.8. The molecule has 0 radical (unpaired) electrons. The molecule has 0 aliphatic heterocycles. The molecular formula is C30H28O2. The summed E-state index contributed by atoms with van der Waals surface area (Å²) in [6, 6.07) is 40.8. The lowest BCUT2D eigenvalue weighted by atomic mass is 9.80. The predicted molar refractivity (Wildman–Crippen MR) is 130 cm³/mol. The SMILES string of the molecule is O[C@@H](/C=C/CCOC(c1ccccc1)(c1ccccc1)c1ccccc1)c1ccccc1. The lowest BCUT2D eigenvalue weighted by molar-refractivity contribution is 0.0156. The number of hydrogen-bond donors (Lipinski definition) is 1. The Balaban J connectivity index is 1.61. The van der Waals surface area contributed by atoms with Crippen LogP contribution in [0.1, 0.15) is 34.8 Å². The highest BCUT2D eigenvalue weighted by atomic mass is 16.5. The molecule has 0 aliphatic rings. The standard InChI is InChI=1S/C30H28O2/c31-29(25-15-5-1-6-16-25)23-13-14-24-32-30(26-17-7-2-8-18-26,27-19-9-3-10-20-27)28-21-11-4-12-22-28/h1-13,15-23,29,31H,14,24H2/b23-13+/t29-/m0/s1. The molecule has 0 unspecified atom stereocenters. The van der Waals surface area contributed by atoms with Crippen LogP contribution in [0.5, 0.6) is 0 Å². The van der Waals surface area contributed by atoms with Crippen molar-refractivity contribution in [1.29, 1.82) is 0 Å². The molecule has 0 saturated carbocycles. The minimum Gasteiger partial charge on any atom is -0.384 e. The van der Waals surface area contributed by atoms with Gasteiger partial charge >= 0.3 is 0 Å². The van der Waals surface area contributed by atoms with Crippen molar-refractivity contribution in [1.82, 2.24) is 0 Å². The van der Waals surface area contributed by atoms with Crippen LogP contribution in [0.2, 0.25) is 0 Å². The molecule has 2 heteroatoms. The molecule has 2 nitrogen and oxygen atoms in total. The fourth-order valence-electron chi connectivity index (χ4n) is 4.04. The molecular weight excluding hydrogens is 392 g/mol. The summed E-state index contributed by atoms with van der Waals surface area (Å²) in [5, 5.41) is 10.4. The zero-order valence-corrected chi connectivity index (χ0v) is 18.0. The third kappa shape index (κ3) is 4.88. The average molecular weight is 421 g/mol. The van der Waals surface area contributed by atoms with Crippen LogP contribution in [0.15, 0.2) is 133 Å². The average Bonchev–Trinajstić information content (AvgIpc) is 2.88. The van der Waals surface area contributed by atoms with E-state index in [-0.39, 0.29) is 0 Å². The summed E-state index contributed by atoms with van der Waals surface area (Å²) in [6.07, 6.45) is 3.90. The first-order valence-corrected chi connectivity index (χ1v) is 11.0. The second kappa shape index (κ2) is 10.7. The van der Waals surface area contributed by atoms with Gasteiger partial charge in [0.25, 0.3) is 0 Å². The fraction of sp³-hybridized carbons (Fsp3) is 0.133. The van der Waals surface area contributed by atoms with Crippen LogP contribution in [-0.2, 0) is 10.3 Å². The van der Waals surface area contributed by atoms with Gasteiger partial charge in [0.05, 0.1) is 12.7 Å². The second-order valence-corrected chi connectivity index (χ2v) is 7.70. The van der Waals surface area contributed by atoms with Crippen LogP contribution in [0.4, 0.5) is 0 Å². The van der Waals surface area contributed by atoms with Gasteiger partial charge in [-0.1, -0.05) is 133 Å². The molecule has 0 aromatic heterocycles. The van der Waals surface area contributed by atoms with E-state index in [0.29, 0.717) is 13.0 Å². The van der Waals surface area contributed by atoms with Gasteiger partial charge < -0.3 is 9.84 Å². The maximum Gasteiger partial charge on any atom is 0.143 e. The van der Waals surface area contributed by atoms with E-state index in [1.807, 2.05) is 60.7 Å². The Hall–Kier alpha value is -3.46. The van der Waals surface area contributed by atoms with Gasteiger partial charge in [-0.25, -0.2) is 0 Å². The van der Waals surface area contributed by atoms with Crippen molar-refractivity contribution in [2.75, 3.05) is 6.61 Å². The number of aliphatic hydroxyl groups excluding tert-OH is 1. The number of benzene rings is 4. The molecule has 0 spiro atoms. The van der Waals surface area contributed by atoms with Crippen molar-refractivity contribution in [3.63, 3.8) is 0 Å². The molecule has 4 rings (SSSR count). The number of aliphatic hydroxyl groups is 1. The van der Waals surface area contributed by atoms with Gasteiger partial charge in [-0.05, 0) is 28.7 Å². The number of hydrogen-bond acceptors (Lipinski definition) is 2. The lowest BCUT2D eigenvalue weighted by Crippen LogP contribution is -2.33. The van der Waals surface area contributed by atoms with Gasteiger partial charge in [-0.3, -0.25) is 0 Å². The monoisotopic (exact) mass is 420 g/mol. The molecule has 0 fully saturated rings. The summed E-state index contributed by atoms with van der Waals surface area (Å²) in [5.41, 5.74) is 3.44. The van der Waals surface area contributed by atoms with Gasteiger partial charge in [0.1, 0.15) is 5.60 Å².